The van der Waals surface area contributed by atoms with E-state index in [2.05, 4.69) is 0 Å². The van der Waals surface area contributed by atoms with Gasteiger partial charge in [0.05, 0.1) is 22.3 Å². The molecule has 1 atom stereocenters. The van der Waals surface area contributed by atoms with Gasteiger partial charge in [0.1, 0.15) is 4.90 Å². The Morgan fingerprint density at radius 2 is 1.00 bits per heavy atom. The van der Waals surface area contributed by atoms with Gasteiger partial charge in [0.2, 0.25) is 22.6 Å². The molecule has 4 aromatic carbocycles. The van der Waals surface area contributed by atoms with Crippen LogP contribution in [0.4, 0.5) is 31.1 Å². The van der Waals surface area contributed by atoms with E-state index in [9.17, 15) is 19.4 Å². The highest BCUT2D eigenvalue weighted by molar-refractivity contribution is 8.45. The van der Waals surface area contributed by atoms with Crippen LogP contribution in [0.5, 0.6) is 0 Å². The molecule has 8 heterocycles. The number of halogens is 5. The van der Waals surface area contributed by atoms with E-state index >= 15 is 0 Å². The number of hydrogen-bond donors (Lipinski definition) is 0. The van der Waals surface area contributed by atoms with Crippen molar-refractivity contribution < 1.29 is 28.6 Å². The Hall–Kier alpha value is -5.76. The van der Waals surface area contributed by atoms with Crippen LogP contribution in [-0.2, 0) is 5.91 Å². The van der Waals surface area contributed by atoms with Gasteiger partial charge >= 0.3 is 16.1 Å². The average molecular weight is 651 g/mol. The third-order valence-corrected chi connectivity index (χ3v) is 11.0. The molecule has 8 nitrogen and oxygen atoms in total. The average Bonchev–Trinajstić information content (AvgIpc) is 3.76. The van der Waals surface area contributed by atoms with Gasteiger partial charge in [-0.05, 0) is 54.6 Å². The number of rotatable bonds is 1. The number of fused-ring (bicyclic) bond motifs is 12. The highest BCUT2D eigenvalue weighted by Crippen LogP contribution is 3.02. The number of benzene rings is 4. The van der Waals surface area contributed by atoms with Crippen molar-refractivity contribution in [2.75, 3.05) is 0 Å². The Labute approximate surface area is 259 Å². The Bertz CT molecular complexity index is 2900. The maximum atomic E-state index is 14.3. The molecule has 14 heteroatoms. The molecule has 0 saturated carbocycles. The number of nitrogens with zero attached hydrogens (tertiary/aromatic N) is 8. The number of hydrogen-bond acceptors (Lipinski definition) is 4. The Balaban J connectivity index is 1.39. The highest BCUT2D eigenvalue weighted by atomic mass is 32.5. The van der Waals surface area contributed by atoms with Crippen LogP contribution in [0.3, 0.4) is 0 Å². The Kier molecular flexibility index (Phi) is 3.41. The smallest absolute Gasteiger partial charge is 0.192 e. The molecule has 1 spiro atoms. The van der Waals surface area contributed by atoms with Crippen molar-refractivity contribution in [3.63, 3.8) is 0 Å². The summed E-state index contributed by atoms with van der Waals surface area (Å²) in [6.45, 7) is 0. The summed E-state index contributed by atoms with van der Waals surface area (Å²) in [5, 5.41) is 1.86. The fourth-order valence-electron chi connectivity index (χ4n) is 8.15. The van der Waals surface area contributed by atoms with Crippen LogP contribution in [0.2, 0.25) is 0 Å². The van der Waals surface area contributed by atoms with Crippen molar-refractivity contribution in [3.05, 3.63) is 124 Å². The summed E-state index contributed by atoms with van der Waals surface area (Å²) < 4.78 is 79.3. The van der Waals surface area contributed by atoms with Crippen molar-refractivity contribution in [1.82, 2.24) is 9.13 Å². The molecule has 0 fully saturated rings. The predicted molar refractivity (Wildman–Crippen MR) is 165 cm³/mol. The fourth-order valence-corrected chi connectivity index (χ4v) is 8.81. The van der Waals surface area contributed by atoms with Gasteiger partial charge in [-0.25, -0.2) is 0 Å². The first-order chi connectivity index (χ1) is 22.4. The minimum atomic E-state index is -10.1. The summed E-state index contributed by atoms with van der Waals surface area (Å²) in [6, 6.07) is 25.1. The summed E-state index contributed by atoms with van der Waals surface area (Å²) in [6.07, 6.45) is 0. The third kappa shape index (κ3) is 2.47. The maximum Gasteiger partial charge on any atom is 0.404 e. The van der Waals surface area contributed by atoms with Crippen molar-refractivity contribution in [3.8, 4) is 0 Å². The molecule has 0 saturated heterocycles. The van der Waals surface area contributed by atoms with Gasteiger partial charge < -0.3 is 0 Å². The van der Waals surface area contributed by atoms with Crippen LogP contribution >= 0.6 is 10.2 Å². The van der Waals surface area contributed by atoms with Gasteiger partial charge in [0.25, 0.3) is 23.3 Å². The SMILES string of the molecule is FS(F)(F)(F)(F)c1ccc2c3n4c(c2c1)N=C1c2ccccc2C2=[N+]1[C@]41n4c(c5ccccc5c4=N2)=NC2=[N+]1C(=N3)c1ccccc12. The van der Waals surface area contributed by atoms with Crippen molar-refractivity contribution in [2.24, 2.45) is 20.0 Å². The van der Waals surface area contributed by atoms with Gasteiger partial charge in [0, 0.05) is 21.5 Å². The third-order valence-electron chi connectivity index (χ3n) is 9.89. The minimum Gasteiger partial charge on any atom is -0.192 e. The van der Waals surface area contributed by atoms with Gasteiger partial charge in [0.15, 0.2) is 0 Å². The second kappa shape index (κ2) is 6.55. The molecular weight excluding hydrogens is 635 g/mol. The topological polar surface area (TPSA) is 65.3 Å². The second-order valence-electron chi connectivity index (χ2n) is 12.3. The van der Waals surface area contributed by atoms with Crippen molar-refractivity contribution >= 4 is 66.7 Å². The molecule has 0 unspecified atom stereocenters. The number of amidine groups is 4. The first-order valence-electron chi connectivity index (χ1n) is 14.7. The molecule has 0 bridgehead atoms. The van der Waals surface area contributed by atoms with Crippen LogP contribution in [0.15, 0.2) is 116 Å². The molecule has 6 aromatic rings. The predicted octanol–water partition coefficient (Wildman–Crippen LogP) is 6.37. The molecular formula is C33H15F5N8S+2. The molecule has 6 aliphatic rings. The molecule has 0 amide bonds. The first kappa shape index (κ1) is 24.5. The Morgan fingerprint density at radius 1 is 0.511 bits per heavy atom. The van der Waals surface area contributed by atoms with Crippen LogP contribution < -0.4 is 11.0 Å². The molecule has 226 valence electrons. The van der Waals surface area contributed by atoms with Gasteiger partial charge in [-0.2, -0.15) is 9.13 Å². The van der Waals surface area contributed by atoms with E-state index in [1.165, 1.54) is 0 Å². The summed E-state index contributed by atoms with van der Waals surface area (Å²) in [7, 11) is -10.1. The second-order valence-corrected chi connectivity index (χ2v) is 14.7. The molecule has 47 heavy (non-hydrogen) atoms. The molecule has 0 aliphatic carbocycles. The quantitative estimate of drug-likeness (QED) is 0.147. The molecule has 6 aliphatic heterocycles. The van der Waals surface area contributed by atoms with E-state index in [4.69, 9.17) is 20.0 Å². The van der Waals surface area contributed by atoms with Gasteiger partial charge in [-0.1, -0.05) is 75.8 Å². The van der Waals surface area contributed by atoms with Crippen LogP contribution in [0, 0.1) is 0 Å². The van der Waals surface area contributed by atoms with E-state index in [0.29, 0.717) is 57.8 Å². The number of aliphatic imine (C=N–C) groups is 2. The molecule has 12 rings (SSSR count). The standard InChI is InChI=1S/C33H15F5N8S/c34-47(35,36,37,38)16-13-14-23-24(15-16)32-42-30-22-12-6-5-11-21(22)28-40-26-18-8-2-1-7-17(18)25-39-27-19-9-3-4-10-20(19)29-41-31(23)46(32)33(43(25)26,44(27)29)45(28)30/h1-15H/q+2/t33-/m1/s1. The largest absolute Gasteiger partial charge is 0.404 e. The summed E-state index contributed by atoms with van der Waals surface area (Å²) in [5.41, 5.74) is 4.32. The zero-order valence-corrected chi connectivity index (χ0v) is 24.4. The molecule has 0 radical (unpaired) electrons. The van der Waals surface area contributed by atoms with E-state index < -0.39 is 21.0 Å². The van der Waals surface area contributed by atoms with E-state index in [1.807, 2.05) is 86.5 Å². The zero-order chi connectivity index (χ0) is 31.5. The van der Waals surface area contributed by atoms with E-state index in [1.54, 1.807) is 4.57 Å². The van der Waals surface area contributed by atoms with Gasteiger partial charge in [-0.15, -0.1) is 9.15 Å². The summed E-state index contributed by atoms with van der Waals surface area (Å²) >= 11 is 0. The van der Waals surface area contributed by atoms with Crippen LogP contribution in [-0.4, -0.2) is 41.6 Å². The molecule has 2 aromatic heterocycles. The zero-order valence-electron chi connectivity index (χ0n) is 23.5. The maximum absolute atomic E-state index is 14.3. The minimum absolute atomic E-state index is 0.0802. The monoisotopic (exact) mass is 650 g/mol. The fraction of sp³-hybridized carbons (Fsp3) is 0.0303. The highest BCUT2D eigenvalue weighted by Gasteiger charge is 2.70. The lowest BCUT2D eigenvalue weighted by Gasteiger charge is -2.40. The van der Waals surface area contributed by atoms with Gasteiger partial charge in [-0.3, -0.25) is 0 Å². The lowest BCUT2D eigenvalue weighted by atomic mass is 10.1. The lowest BCUT2D eigenvalue weighted by Crippen LogP contribution is -2.71. The molecule has 0 N–H and O–H groups in total. The Morgan fingerprint density at radius 3 is 1.53 bits per heavy atom. The van der Waals surface area contributed by atoms with Crippen molar-refractivity contribution in [2.45, 2.75) is 10.8 Å². The summed E-state index contributed by atoms with van der Waals surface area (Å²) in [4.78, 5) is 18.6. The van der Waals surface area contributed by atoms with Crippen LogP contribution in [0.1, 0.15) is 22.3 Å². The number of aromatic nitrogens is 2. The van der Waals surface area contributed by atoms with Crippen molar-refractivity contribution in [1.29, 1.82) is 0 Å². The van der Waals surface area contributed by atoms with E-state index in [-0.39, 0.29) is 16.6 Å². The first-order valence-corrected chi connectivity index (χ1v) is 16.6. The summed E-state index contributed by atoms with van der Waals surface area (Å²) in [5.74, 6) is 1.11. The lowest BCUT2D eigenvalue weighted by molar-refractivity contribution is -0.790. The normalized spacial score (nSPS) is 21.7. The van der Waals surface area contributed by atoms with E-state index in [0.717, 1.165) is 33.5 Å². The van der Waals surface area contributed by atoms with Crippen LogP contribution in [0.25, 0.3) is 21.5 Å².